The lowest BCUT2D eigenvalue weighted by Crippen LogP contribution is -2.04. The SMILES string of the molecule is c1ccc(-c2nc(-n3c4ccc5c(c6cccc7c8ccccc8n5c76)c4c4ccc5ccccc5c43)c3ncccc3n2)cc1. The van der Waals surface area contributed by atoms with Crippen LogP contribution in [0.15, 0.2) is 140 Å². The van der Waals surface area contributed by atoms with Gasteiger partial charge in [0.05, 0.1) is 33.1 Å². The van der Waals surface area contributed by atoms with Crippen LogP contribution in [0.25, 0.3) is 98.9 Å². The van der Waals surface area contributed by atoms with E-state index in [9.17, 15) is 0 Å². The van der Waals surface area contributed by atoms with Crippen molar-refractivity contribution in [3.63, 3.8) is 0 Å². The van der Waals surface area contributed by atoms with E-state index in [1.807, 2.05) is 36.5 Å². The Kier molecular flexibility index (Phi) is 4.52. The summed E-state index contributed by atoms with van der Waals surface area (Å²) in [5.41, 5.74) is 8.50. The molecule has 0 aliphatic rings. The Labute approximate surface area is 261 Å². The minimum absolute atomic E-state index is 0.680. The third kappa shape index (κ3) is 2.97. The Morgan fingerprint density at radius 1 is 0.457 bits per heavy atom. The first-order valence-corrected chi connectivity index (χ1v) is 15.6. The summed E-state index contributed by atoms with van der Waals surface area (Å²) < 4.78 is 4.79. The number of aromatic nitrogens is 5. The highest BCUT2D eigenvalue weighted by Crippen LogP contribution is 2.46. The monoisotopic (exact) mass is 585 g/mol. The second-order valence-electron chi connectivity index (χ2n) is 12.0. The van der Waals surface area contributed by atoms with Crippen LogP contribution in [0.1, 0.15) is 0 Å². The molecule has 11 rings (SSSR count). The van der Waals surface area contributed by atoms with Crippen molar-refractivity contribution in [2.75, 3.05) is 0 Å². The lowest BCUT2D eigenvalue weighted by molar-refractivity contribution is 1.06. The van der Waals surface area contributed by atoms with Crippen LogP contribution in [0.2, 0.25) is 0 Å². The molecule has 0 aliphatic heterocycles. The Bertz CT molecular complexity index is 3020. The number of hydrogen-bond donors (Lipinski definition) is 0. The van der Waals surface area contributed by atoms with Crippen LogP contribution in [0.3, 0.4) is 0 Å². The van der Waals surface area contributed by atoms with Crippen molar-refractivity contribution in [1.82, 2.24) is 23.9 Å². The molecule has 5 aromatic heterocycles. The molecule has 212 valence electrons. The van der Waals surface area contributed by atoms with Gasteiger partial charge < -0.3 is 4.40 Å². The van der Waals surface area contributed by atoms with Crippen LogP contribution in [-0.2, 0) is 0 Å². The van der Waals surface area contributed by atoms with E-state index in [-0.39, 0.29) is 0 Å². The fraction of sp³-hybridized carbons (Fsp3) is 0. The van der Waals surface area contributed by atoms with Gasteiger partial charge >= 0.3 is 0 Å². The standard InChI is InChI=1S/C41H23N5/c1-2-11-25(12-3-1)40-43-31-17-9-23-42-37(31)41(44-40)46-34-22-21-33-35(36(34)30-20-19-24-10-4-5-13-26(24)38(30)46)29-16-8-15-28-27-14-6-7-18-32(27)45(33)39(28)29/h1-23H. The molecule has 46 heavy (non-hydrogen) atoms. The van der Waals surface area contributed by atoms with Gasteiger partial charge in [-0.3, -0.25) is 9.55 Å². The number of rotatable bonds is 2. The van der Waals surface area contributed by atoms with Crippen molar-refractivity contribution in [3.05, 3.63) is 140 Å². The summed E-state index contributed by atoms with van der Waals surface area (Å²) in [4.78, 5) is 15.2. The molecule has 5 heteroatoms. The van der Waals surface area contributed by atoms with Crippen molar-refractivity contribution < 1.29 is 0 Å². The summed E-state index contributed by atoms with van der Waals surface area (Å²) in [6.45, 7) is 0. The van der Waals surface area contributed by atoms with Crippen molar-refractivity contribution in [2.45, 2.75) is 0 Å². The zero-order valence-electron chi connectivity index (χ0n) is 24.5. The van der Waals surface area contributed by atoms with E-state index in [0.29, 0.717) is 5.82 Å². The number of hydrogen-bond acceptors (Lipinski definition) is 3. The maximum atomic E-state index is 5.31. The largest absolute Gasteiger partial charge is 0.308 e. The predicted molar refractivity (Wildman–Crippen MR) is 189 cm³/mol. The van der Waals surface area contributed by atoms with Gasteiger partial charge in [0.25, 0.3) is 0 Å². The van der Waals surface area contributed by atoms with E-state index >= 15 is 0 Å². The lowest BCUT2D eigenvalue weighted by Gasteiger charge is -2.13. The highest BCUT2D eigenvalue weighted by molar-refractivity contribution is 6.34. The van der Waals surface area contributed by atoms with E-state index in [2.05, 4.69) is 112 Å². The minimum Gasteiger partial charge on any atom is -0.308 e. The molecule has 0 saturated heterocycles. The smallest absolute Gasteiger partial charge is 0.168 e. The van der Waals surface area contributed by atoms with Crippen molar-refractivity contribution in [1.29, 1.82) is 0 Å². The Morgan fingerprint density at radius 3 is 2.13 bits per heavy atom. The van der Waals surface area contributed by atoms with Gasteiger partial charge in [-0.25, -0.2) is 9.97 Å². The van der Waals surface area contributed by atoms with Gasteiger partial charge in [-0.05, 0) is 35.7 Å². The molecule has 0 atom stereocenters. The summed E-state index contributed by atoms with van der Waals surface area (Å²) in [5, 5.41) is 9.87. The predicted octanol–water partition coefficient (Wildman–Crippen LogP) is 10.1. The Hall–Kier alpha value is -6.33. The fourth-order valence-electron chi connectivity index (χ4n) is 7.83. The summed E-state index contributed by atoms with van der Waals surface area (Å²) in [6.07, 6.45) is 1.83. The zero-order chi connectivity index (χ0) is 29.9. The molecule has 0 aliphatic carbocycles. The van der Waals surface area contributed by atoms with Crippen LogP contribution < -0.4 is 0 Å². The Morgan fingerprint density at radius 2 is 1.20 bits per heavy atom. The van der Waals surface area contributed by atoms with Crippen LogP contribution in [0, 0.1) is 0 Å². The molecule has 0 unspecified atom stereocenters. The third-order valence-electron chi connectivity index (χ3n) is 9.68. The van der Waals surface area contributed by atoms with Gasteiger partial charge in [-0.15, -0.1) is 0 Å². The van der Waals surface area contributed by atoms with E-state index in [1.165, 1.54) is 59.6 Å². The quantitative estimate of drug-likeness (QED) is 0.203. The molecule has 0 amide bonds. The van der Waals surface area contributed by atoms with Crippen LogP contribution in [0.5, 0.6) is 0 Å². The van der Waals surface area contributed by atoms with Gasteiger partial charge in [0.2, 0.25) is 0 Å². The average Bonchev–Trinajstić information content (AvgIpc) is 3.77. The molecule has 0 saturated carbocycles. The van der Waals surface area contributed by atoms with E-state index < -0.39 is 0 Å². The molecule has 0 spiro atoms. The maximum absolute atomic E-state index is 5.31. The molecule has 0 radical (unpaired) electrons. The molecule has 5 nitrogen and oxygen atoms in total. The number of nitrogens with zero attached hydrogens (tertiary/aromatic N) is 5. The molecule has 5 heterocycles. The van der Waals surface area contributed by atoms with E-state index in [0.717, 1.165) is 33.4 Å². The van der Waals surface area contributed by atoms with Gasteiger partial charge in [-0.1, -0.05) is 103 Å². The molecule has 11 aromatic rings. The Balaban J connectivity index is 1.39. The normalized spacial score (nSPS) is 12.3. The van der Waals surface area contributed by atoms with Crippen LogP contribution >= 0.6 is 0 Å². The summed E-state index contributed by atoms with van der Waals surface area (Å²) >= 11 is 0. The van der Waals surface area contributed by atoms with Crippen molar-refractivity contribution in [2.24, 2.45) is 0 Å². The molecular formula is C41H23N5. The molecule has 0 fully saturated rings. The molecule has 6 aromatic carbocycles. The number of benzene rings is 6. The van der Waals surface area contributed by atoms with E-state index in [4.69, 9.17) is 15.0 Å². The fourth-order valence-corrected chi connectivity index (χ4v) is 7.83. The maximum Gasteiger partial charge on any atom is 0.168 e. The zero-order valence-corrected chi connectivity index (χ0v) is 24.5. The number of fused-ring (bicyclic) bond motifs is 13. The van der Waals surface area contributed by atoms with Gasteiger partial charge in [0.15, 0.2) is 11.6 Å². The first-order chi connectivity index (χ1) is 22.8. The summed E-state index contributed by atoms with van der Waals surface area (Å²) in [5.74, 6) is 1.46. The lowest BCUT2D eigenvalue weighted by atomic mass is 10.0. The van der Waals surface area contributed by atoms with E-state index in [1.54, 1.807) is 0 Å². The highest BCUT2D eigenvalue weighted by atomic mass is 15.1. The van der Waals surface area contributed by atoms with Gasteiger partial charge in [0, 0.05) is 49.5 Å². The number of pyridine rings is 1. The minimum atomic E-state index is 0.680. The topological polar surface area (TPSA) is 48.0 Å². The highest BCUT2D eigenvalue weighted by Gasteiger charge is 2.25. The molecule has 0 N–H and O–H groups in total. The van der Waals surface area contributed by atoms with Gasteiger partial charge in [0.1, 0.15) is 5.52 Å². The first kappa shape index (κ1) is 24.0. The van der Waals surface area contributed by atoms with Gasteiger partial charge in [-0.2, -0.15) is 0 Å². The summed E-state index contributed by atoms with van der Waals surface area (Å²) in [7, 11) is 0. The van der Waals surface area contributed by atoms with Crippen LogP contribution in [-0.4, -0.2) is 23.9 Å². The molecular weight excluding hydrogens is 562 g/mol. The van der Waals surface area contributed by atoms with Crippen molar-refractivity contribution >= 4 is 81.7 Å². The number of para-hydroxylation sites is 2. The second-order valence-corrected chi connectivity index (χ2v) is 12.0. The first-order valence-electron chi connectivity index (χ1n) is 15.6. The average molecular weight is 586 g/mol. The second kappa shape index (κ2) is 8.65. The van der Waals surface area contributed by atoms with Crippen molar-refractivity contribution in [3.8, 4) is 17.2 Å². The molecule has 0 bridgehead atoms. The summed E-state index contributed by atoms with van der Waals surface area (Å²) in [6, 6.07) is 47.4. The third-order valence-corrected chi connectivity index (χ3v) is 9.68. The van der Waals surface area contributed by atoms with Crippen LogP contribution in [0.4, 0.5) is 0 Å².